The second-order valence-electron chi connectivity index (χ2n) is 8.40. The van der Waals surface area contributed by atoms with Gasteiger partial charge in [0.05, 0.1) is 10.2 Å². The second kappa shape index (κ2) is 9.94. The number of nitriles is 2. The van der Waals surface area contributed by atoms with Gasteiger partial charge in [0.1, 0.15) is 16.8 Å². The summed E-state index contributed by atoms with van der Waals surface area (Å²) in [7, 11) is 0. The van der Waals surface area contributed by atoms with Crippen molar-refractivity contribution in [3.8, 4) is 12.1 Å². The summed E-state index contributed by atoms with van der Waals surface area (Å²) in [6, 6.07) is 12.6. The van der Waals surface area contributed by atoms with Gasteiger partial charge in [-0.15, -0.1) is 11.3 Å². The molecule has 1 aromatic heterocycles. The predicted octanol–water partition coefficient (Wildman–Crippen LogP) is 4.95. The van der Waals surface area contributed by atoms with E-state index in [9.17, 15) is 10.5 Å². The fraction of sp³-hybridized carbons (Fsp3) is 0.423. The zero-order valence-corrected chi connectivity index (χ0v) is 19.7. The third-order valence-corrected chi connectivity index (χ3v) is 6.94. The molecule has 0 unspecified atom stereocenters. The van der Waals surface area contributed by atoms with Crippen molar-refractivity contribution in [1.29, 1.82) is 10.5 Å². The lowest BCUT2D eigenvalue weighted by atomic mass is 9.84. The lowest BCUT2D eigenvalue weighted by Crippen LogP contribution is -2.27. The molecule has 3 rings (SSSR count). The highest BCUT2D eigenvalue weighted by atomic mass is 32.1. The van der Waals surface area contributed by atoms with Crippen molar-refractivity contribution in [3.05, 3.63) is 56.5 Å². The Balaban J connectivity index is 2.15. The Bertz CT molecular complexity index is 1160. The number of fused-ring (bicyclic) bond motifs is 1. The largest absolute Gasteiger partial charge is 0.344 e. The summed E-state index contributed by atoms with van der Waals surface area (Å²) in [5.74, 6) is 0. The van der Waals surface area contributed by atoms with E-state index in [0.29, 0.717) is 4.66 Å². The molecule has 2 aromatic rings. The van der Waals surface area contributed by atoms with Gasteiger partial charge in [-0.2, -0.15) is 10.5 Å². The number of aryl methyl sites for hydroxylation is 1. The first-order valence-corrected chi connectivity index (χ1v) is 11.9. The summed E-state index contributed by atoms with van der Waals surface area (Å²) in [5.41, 5.74) is 4.91. The van der Waals surface area contributed by atoms with Crippen LogP contribution in [0.5, 0.6) is 0 Å². The van der Waals surface area contributed by atoms with Crippen molar-refractivity contribution in [2.24, 2.45) is 0 Å². The summed E-state index contributed by atoms with van der Waals surface area (Å²) in [4.78, 5) is 7.09. The molecule has 2 heterocycles. The van der Waals surface area contributed by atoms with Gasteiger partial charge in [0, 0.05) is 23.3 Å². The van der Waals surface area contributed by atoms with Crippen molar-refractivity contribution >= 4 is 28.7 Å². The second-order valence-corrected chi connectivity index (χ2v) is 9.43. The van der Waals surface area contributed by atoms with Crippen LogP contribution >= 0.6 is 11.3 Å². The molecule has 0 aliphatic carbocycles. The normalized spacial score (nSPS) is 16.3. The van der Waals surface area contributed by atoms with Crippen molar-refractivity contribution < 1.29 is 0 Å². The maximum atomic E-state index is 9.27. The number of thiazole rings is 1. The molecule has 4 nitrogen and oxygen atoms in total. The molecule has 1 aromatic carbocycles. The van der Waals surface area contributed by atoms with Crippen molar-refractivity contribution in [3.63, 3.8) is 0 Å². The summed E-state index contributed by atoms with van der Waals surface area (Å²) < 4.78 is 1.57. The molecule has 0 radical (unpaired) electrons. The average molecular weight is 431 g/mol. The molecule has 0 bridgehead atoms. The third-order valence-electron chi connectivity index (χ3n) is 5.86. The van der Waals surface area contributed by atoms with Crippen LogP contribution in [0.4, 0.5) is 5.69 Å². The minimum Gasteiger partial charge on any atom is -0.344 e. The summed E-state index contributed by atoms with van der Waals surface area (Å²) in [5, 5.41) is 18.5. The number of allylic oxidation sites excluding steroid dienone is 2. The Morgan fingerprint density at radius 3 is 2.48 bits per heavy atom. The van der Waals surface area contributed by atoms with E-state index in [1.165, 1.54) is 28.3 Å². The number of aromatic nitrogens is 1. The van der Waals surface area contributed by atoms with Crippen LogP contribution in [-0.4, -0.2) is 11.5 Å². The van der Waals surface area contributed by atoms with Crippen molar-refractivity contribution in [1.82, 2.24) is 4.98 Å². The highest BCUT2D eigenvalue weighted by molar-refractivity contribution is 7.07. The fourth-order valence-electron chi connectivity index (χ4n) is 4.10. The summed E-state index contributed by atoms with van der Waals surface area (Å²) in [6.45, 7) is 9.94. The zero-order valence-electron chi connectivity index (χ0n) is 18.9. The molecule has 0 saturated carbocycles. The Labute approximate surface area is 189 Å². The van der Waals surface area contributed by atoms with Crippen LogP contribution in [0.25, 0.3) is 11.6 Å². The van der Waals surface area contributed by atoms with Crippen LogP contribution in [0.2, 0.25) is 0 Å². The van der Waals surface area contributed by atoms with Gasteiger partial charge in [-0.3, -0.25) is 0 Å². The SMILES string of the molecule is CCCCc1nc(=C(C#N)C#N)s/c1=C/C=C1\N(CCCC)c2ccccc2C1(C)C. The van der Waals surface area contributed by atoms with Gasteiger partial charge in [-0.05, 0) is 43.0 Å². The Morgan fingerprint density at radius 2 is 1.81 bits per heavy atom. The van der Waals surface area contributed by atoms with Crippen LogP contribution in [0.1, 0.15) is 64.6 Å². The number of hydrogen-bond acceptors (Lipinski definition) is 5. The predicted molar refractivity (Wildman–Crippen MR) is 129 cm³/mol. The van der Waals surface area contributed by atoms with E-state index < -0.39 is 0 Å². The van der Waals surface area contributed by atoms with Gasteiger partial charge in [0.25, 0.3) is 0 Å². The van der Waals surface area contributed by atoms with Gasteiger partial charge in [-0.25, -0.2) is 4.98 Å². The number of unbranched alkanes of at least 4 members (excludes halogenated alkanes) is 2. The molecule has 160 valence electrons. The van der Waals surface area contributed by atoms with Crippen molar-refractivity contribution in [2.75, 3.05) is 11.4 Å². The molecule has 31 heavy (non-hydrogen) atoms. The number of benzene rings is 1. The molecular weight excluding hydrogens is 400 g/mol. The molecule has 0 amide bonds. The molecule has 0 atom stereocenters. The van der Waals surface area contributed by atoms with Crippen LogP contribution in [-0.2, 0) is 11.8 Å². The third kappa shape index (κ3) is 4.58. The minimum atomic E-state index is -0.0888. The topological polar surface area (TPSA) is 63.7 Å². The summed E-state index contributed by atoms with van der Waals surface area (Å²) >= 11 is 1.44. The van der Waals surface area contributed by atoms with E-state index in [-0.39, 0.29) is 11.0 Å². The average Bonchev–Trinajstić information content (AvgIpc) is 3.26. The molecule has 1 aliphatic rings. The lowest BCUT2D eigenvalue weighted by molar-refractivity contribution is 0.625. The quantitative estimate of drug-likeness (QED) is 0.624. The fourth-order valence-corrected chi connectivity index (χ4v) is 5.06. The lowest BCUT2D eigenvalue weighted by Gasteiger charge is -2.27. The van der Waals surface area contributed by atoms with Crippen LogP contribution in [0.15, 0.2) is 36.0 Å². The Morgan fingerprint density at radius 1 is 1.10 bits per heavy atom. The van der Waals surface area contributed by atoms with E-state index in [4.69, 9.17) is 0 Å². The Kier molecular flexibility index (Phi) is 7.31. The van der Waals surface area contributed by atoms with Crippen LogP contribution in [0, 0.1) is 22.7 Å². The zero-order chi connectivity index (χ0) is 22.4. The van der Waals surface area contributed by atoms with E-state index in [2.05, 4.69) is 74.0 Å². The molecule has 0 spiro atoms. The highest BCUT2D eigenvalue weighted by Gasteiger charge is 2.39. The summed E-state index contributed by atoms with van der Waals surface area (Å²) in [6.07, 6.45) is 9.62. The minimum absolute atomic E-state index is 0.0888. The van der Waals surface area contributed by atoms with Gasteiger partial charge in [-0.1, -0.05) is 58.7 Å². The highest BCUT2D eigenvalue weighted by Crippen LogP contribution is 2.47. The van der Waals surface area contributed by atoms with E-state index in [0.717, 1.165) is 48.9 Å². The maximum absolute atomic E-state index is 9.27. The van der Waals surface area contributed by atoms with Gasteiger partial charge in [0.15, 0.2) is 5.57 Å². The maximum Gasteiger partial charge on any atom is 0.165 e. The van der Waals surface area contributed by atoms with E-state index in [1.807, 2.05) is 12.1 Å². The van der Waals surface area contributed by atoms with Crippen molar-refractivity contribution in [2.45, 2.75) is 65.2 Å². The number of rotatable bonds is 7. The molecule has 0 fully saturated rings. The molecule has 0 saturated heterocycles. The smallest absolute Gasteiger partial charge is 0.165 e. The molecule has 1 aliphatic heterocycles. The first-order valence-electron chi connectivity index (χ1n) is 11.1. The Hall–Kier alpha value is -2.89. The molecule has 5 heteroatoms. The van der Waals surface area contributed by atoms with Crippen LogP contribution in [0.3, 0.4) is 0 Å². The van der Waals surface area contributed by atoms with Gasteiger partial charge in [0.2, 0.25) is 0 Å². The first kappa shape index (κ1) is 22.8. The van der Waals surface area contributed by atoms with Gasteiger partial charge >= 0.3 is 0 Å². The van der Waals surface area contributed by atoms with Gasteiger partial charge < -0.3 is 4.90 Å². The van der Waals surface area contributed by atoms with E-state index >= 15 is 0 Å². The molecular formula is C26H30N4S. The number of anilines is 1. The number of para-hydroxylation sites is 1. The molecule has 0 N–H and O–H groups in total. The van der Waals surface area contributed by atoms with E-state index in [1.54, 1.807) is 0 Å². The number of nitrogens with zero attached hydrogens (tertiary/aromatic N) is 4. The van der Waals surface area contributed by atoms with Crippen LogP contribution < -0.4 is 14.1 Å². The first-order chi connectivity index (χ1) is 15.0. The monoisotopic (exact) mass is 430 g/mol. The number of hydrogen-bond donors (Lipinski definition) is 0. The standard InChI is InChI=1S/C26H30N4S/c1-5-7-12-21-23(31-25(29-21)19(17-27)18-28)14-15-24-26(3,4)20-11-9-10-13-22(20)30(24)16-8-6-2/h9-11,13-15H,5-8,12,16H2,1-4H3/b23-14+,24-15-.